The van der Waals surface area contributed by atoms with Crippen LogP contribution in [-0.2, 0) is 4.79 Å². The lowest BCUT2D eigenvalue weighted by molar-refractivity contribution is -0.119. The van der Waals surface area contributed by atoms with Crippen LogP contribution in [0.2, 0.25) is 0 Å². The molecule has 1 unspecified atom stereocenters. The highest BCUT2D eigenvalue weighted by atomic mass is 16.3. The van der Waals surface area contributed by atoms with Crippen LogP contribution in [-0.4, -0.2) is 37.6 Å². The zero-order chi connectivity index (χ0) is 20.4. The molecule has 3 N–H and O–H groups in total. The molecular weight excluding hydrogens is 366 g/mol. The molecule has 1 atom stereocenters. The van der Waals surface area contributed by atoms with E-state index in [-0.39, 0.29) is 11.9 Å². The minimum atomic E-state index is -0.523. The Morgan fingerprint density at radius 3 is 2.66 bits per heavy atom. The summed E-state index contributed by atoms with van der Waals surface area (Å²) in [6, 6.07) is 10.4. The highest BCUT2D eigenvalue weighted by Crippen LogP contribution is 2.27. The molecule has 7 nitrogen and oxygen atoms in total. The average Bonchev–Trinajstić information content (AvgIpc) is 3.13. The normalized spacial score (nSPS) is 20.4. The summed E-state index contributed by atoms with van der Waals surface area (Å²) in [7, 11) is 0. The monoisotopic (exact) mass is 393 g/mol. The second-order valence-electron chi connectivity index (χ2n) is 7.77. The van der Waals surface area contributed by atoms with Gasteiger partial charge in [0.1, 0.15) is 5.82 Å². The van der Waals surface area contributed by atoms with E-state index in [1.165, 1.54) is 0 Å². The summed E-state index contributed by atoms with van der Waals surface area (Å²) in [6.07, 6.45) is 7.08. The summed E-state index contributed by atoms with van der Waals surface area (Å²) in [4.78, 5) is 20.3. The largest absolute Gasteiger partial charge is 0.389 e. The number of hydrogen-bond acceptors (Lipinski definition) is 5. The molecule has 0 radical (unpaired) electrons. The quantitative estimate of drug-likeness (QED) is 0.618. The van der Waals surface area contributed by atoms with E-state index < -0.39 is 6.10 Å². The number of rotatable bonds is 5. The number of carbonyl (C=O) groups is 1. The number of nitrogens with one attached hydrogen (secondary N) is 2. The van der Waals surface area contributed by atoms with Crippen LogP contribution >= 0.6 is 0 Å². The molecule has 1 aromatic carbocycles. The van der Waals surface area contributed by atoms with Gasteiger partial charge in [0.25, 0.3) is 0 Å². The summed E-state index contributed by atoms with van der Waals surface area (Å²) in [5.41, 5.74) is 1.91. The van der Waals surface area contributed by atoms with E-state index in [4.69, 9.17) is 4.98 Å². The molecule has 1 saturated carbocycles. The molecule has 7 heteroatoms. The zero-order valence-electron chi connectivity index (χ0n) is 16.8. The highest BCUT2D eigenvalue weighted by Gasteiger charge is 2.22. The number of anilines is 1. The van der Waals surface area contributed by atoms with Crippen molar-refractivity contribution in [3.05, 3.63) is 48.3 Å². The van der Waals surface area contributed by atoms with Crippen molar-refractivity contribution in [2.45, 2.75) is 57.7 Å². The Morgan fingerprint density at radius 2 is 1.93 bits per heavy atom. The molecule has 0 aliphatic heterocycles. The third kappa shape index (κ3) is 4.24. The molecule has 1 amide bonds. The van der Waals surface area contributed by atoms with E-state index in [1.807, 2.05) is 41.1 Å². The maximum atomic E-state index is 11.2. The fraction of sp³-hybridized carbons (Fsp3) is 0.409. The molecule has 3 aromatic rings. The van der Waals surface area contributed by atoms with Crippen molar-refractivity contribution < 1.29 is 9.90 Å². The topological polar surface area (TPSA) is 92.1 Å². The Kier molecular flexibility index (Phi) is 5.49. The van der Waals surface area contributed by atoms with Gasteiger partial charge in [0.2, 0.25) is 11.9 Å². The standard InChI is InChI=1S/C22H27N5O2/c1-14(28)18-4-3-5-20-19(18)11-13-27(20)21-10-12-23-22(26-21)25-17-8-6-16(7-9-17)24-15(2)29/h3-5,10-14,16-17,28H,6-9H2,1-2H3,(H,24,29)(H,23,25,26). The molecule has 2 heterocycles. The van der Waals surface area contributed by atoms with Crippen molar-refractivity contribution in [3.63, 3.8) is 0 Å². The Hall–Kier alpha value is -2.93. The number of aliphatic hydroxyl groups excluding tert-OH is 1. The van der Waals surface area contributed by atoms with Crippen LogP contribution in [0.25, 0.3) is 16.7 Å². The van der Waals surface area contributed by atoms with Gasteiger partial charge in [0, 0.05) is 36.8 Å². The highest BCUT2D eigenvalue weighted by molar-refractivity contribution is 5.85. The maximum absolute atomic E-state index is 11.2. The number of nitrogens with zero attached hydrogens (tertiary/aromatic N) is 3. The smallest absolute Gasteiger partial charge is 0.224 e. The van der Waals surface area contributed by atoms with E-state index in [0.29, 0.717) is 12.0 Å². The molecule has 4 rings (SSSR count). The molecule has 0 spiro atoms. The Balaban J connectivity index is 1.51. The van der Waals surface area contributed by atoms with Crippen molar-refractivity contribution in [2.75, 3.05) is 5.32 Å². The first-order valence-corrected chi connectivity index (χ1v) is 10.2. The van der Waals surface area contributed by atoms with Gasteiger partial charge in [-0.2, -0.15) is 4.98 Å². The molecule has 0 bridgehead atoms. The van der Waals surface area contributed by atoms with Crippen molar-refractivity contribution in [2.24, 2.45) is 0 Å². The number of carbonyl (C=O) groups excluding carboxylic acids is 1. The van der Waals surface area contributed by atoms with E-state index in [0.717, 1.165) is 48.0 Å². The van der Waals surface area contributed by atoms with E-state index in [1.54, 1.807) is 20.0 Å². The van der Waals surface area contributed by atoms with Crippen LogP contribution in [0.5, 0.6) is 0 Å². The number of fused-ring (bicyclic) bond motifs is 1. The lowest BCUT2D eigenvalue weighted by atomic mass is 9.91. The van der Waals surface area contributed by atoms with Gasteiger partial charge in [-0.3, -0.25) is 4.79 Å². The average molecular weight is 393 g/mol. The molecular formula is C22H27N5O2. The van der Waals surface area contributed by atoms with Crippen LogP contribution in [0.4, 0.5) is 5.95 Å². The predicted molar refractivity (Wildman–Crippen MR) is 113 cm³/mol. The van der Waals surface area contributed by atoms with Gasteiger partial charge < -0.3 is 20.3 Å². The minimum Gasteiger partial charge on any atom is -0.389 e. The SMILES string of the molecule is CC(=O)NC1CCC(Nc2nccc(-n3ccc4c(C(C)O)cccc43)n2)CC1. The first kappa shape index (κ1) is 19.4. The fourth-order valence-electron chi connectivity index (χ4n) is 4.16. The molecule has 1 fully saturated rings. The van der Waals surface area contributed by atoms with Gasteiger partial charge in [-0.1, -0.05) is 12.1 Å². The number of benzene rings is 1. The second-order valence-corrected chi connectivity index (χ2v) is 7.77. The Labute approximate surface area is 170 Å². The molecule has 29 heavy (non-hydrogen) atoms. The summed E-state index contributed by atoms with van der Waals surface area (Å²) in [6.45, 7) is 3.35. The van der Waals surface area contributed by atoms with Crippen molar-refractivity contribution >= 4 is 22.8 Å². The Bertz CT molecular complexity index is 1010. The van der Waals surface area contributed by atoms with E-state index >= 15 is 0 Å². The molecule has 2 aromatic heterocycles. The van der Waals surface area contributed by atoms with Crippen LogP contribution in [0.1, 0.15) is 51.2 Å². The van der Waals surface area contributed by atoms with Gasteiger partial charge in [-0.05, 0) is 56.4 Å². The van der Waals surface area contributed by atoms with Gasteiger partial charge in [0.05, 0.1) is 11.6 Å². The van der Waals surface area contributed by atoms with Crippen LogP contribution in [0.15, 0.2) is 42.7 Å². The predicted octanol–water partition coefficient (Wildman–Crippen LogP) is 3.33. The van der Waals surface area contributed by atoms with Gasteiger partial charge in [0.15, 0.2) is 0 Å². The van der Waals surface area contributed by atoms with E-state index in [9.17, 15) is 9.90 Å². The Morgan fingerprint density at radius 1 is 1.17 bits per heavy atom. The zero-order valence-corrected chi connectivity index (χ0v) is 16.8. The third-order valence-corrected chi connectivity index (χ3v) is 5.57. The summed E-state index contributed by atoms with van der Waals surface area (Å²) in [5, 5.41) is 17.5. The number of hydrogen-bond donors (Lipinski definition) is 3. The lowest BCUT2D eigenvalue weighted by Gasteiger charge is -2.29. The van der Waals surface area contributed by atoms with Crippen molar-refractivity contribution in [1.29, 1.82) is 0 Å². The van der Waals surface area contributed by atoms with Crippen molar-refractivity contribution in [1.82, 2.24) is 19.9 Å². The summed E-state index contributed by atoms with van der Waals surface area (Å²) >= 11 is 0. The first-order chi connectivity index (χ1) is 14.0. The summed E-state index contributed by atoms with van der Waals surface area (Å²) in [5.74, 6) is 1.43. The second kappa shape index (κ2) is 8.21. The number of aliphatic hydroxyl groups is 1. The fourth-order valence-corrected chi connectivity index (χ4v) is 4.16. The van der Waals surface area contributed by atoms with Gasteiger partial charge >= 0.3 is 0 Å². The first-order valence-electron chi connectivity index (χ1n) is 10.2. The molecule has 152 valence electrons. The molecule has 0 saturated heterocycles. The minimum absolute atomic E-state index is 0.0372. The molecule has 1 aliphatic rings. The van der Waals surface area contributed by atoms with Gasteiger partial charge in [-0.25, -0.2) is 4.98 Å². The van der Waals surface area contributed by atoms with Gasteiger partial charge in [-0.15, -0.1) is 0 Å². The van der Waals surface area contributed by atoms with Crippen LogP contribution in [0, 0.1) is 0 Å². The third-order valence-electron chi connectivity index (χ3n) is 5.57. The van der Waals surface area contributed by atoms with E-state index in [2.05, 4.69) is 15.6 Å². The lowest BCUT2D eigenvalue weighted by Crippen LogP contribution is -2.39. The van der Waals surface area contributed by atoms with Crippen LogP contribution in [0.3, 0.4) is 0 Å². The van der Waals surface area contributed by atoms with Crippen molar-refractivity contribution in [3.8, 4) is 5.82 Å². The molecule has 1 aliphatic carbocycles. The maximum Gasteiger partial charge on any atom is 0.224 e. The number of aromatic nitrogens is 3. The number of amides is 1. The van der Waals surface area contributed by atoms with Crippen LogP contribution < -0.4 is 10.6 Å². The summed E-state index contributed by atoms with van der Waals surface area (Å²) < 4.78 is 2.02.